The van der Waals surface area contributed by atoms with Gasteiger partial charge in [0.05, 0.1) is 5.56 Å². The summed E-state index contributed by atoms with van der Waals surface area (Å²) in [5, 5.41) is 4.52. The maximum absolute atomic E-state index is 12.4. The number of sulfone groups is 1. The lowest BCUT2D eigenvalue weighted by molar-refractivity contribution is 0.0996. The van der Waals surface area contributed by atoms with E-state index in [1.165, 1.54) is 6.08 Å². The average Bonchev–Trinajstić information content (AvgIpc) is 2.80. The fourth-order valence-corrected chi connectivity index (χ4v) is 3.70. The first-order valence-corrected chi connectivity index (χ1v) is 8.66. The minimum absolute atomic E-state index is 0.145. The van der Waals surface area contributed by atoms with Crippen LogP contribution in [0.25, 0.3) is 6.08 Å². The molecule has 23 heavy (non-hydrogen) atoms. The molecule has 0 aliphatic heterocycles. The zero-order valence-corrected chi connectivity index (χ0v) is 13.4. The van der Waals surface area contributed by atoms with E-state index in [0.29, 0.717) is 16.9 Å². The Bertz CT molecular complexity index is 967. The first kappa shape index (κ1) is 15.7. The van der Waals surface area contributed by atoms with Gasteiger partial charge in [-0.2, -0.15) is 5.10 Å². The van der Waals surface area contributed by atoms with Crippen LogP contribution in [0.15, 0.2) is 32.4 Å². The van der Waals surface area contributed by atoms with Crippen LogP contribution in [0.2, 0.25) is 0 Å². The van der Waals surface area contributed by atoms with Gasteiger partial charge in [0, 0.05) is 11.6 Å². The summed E-state index contributed by atoms with van der Waals surface area (Å²) < 4.78 is 30.2. The average molecular weight is 355 g/mol. The molecule has 1 N–H and O–H groups in total. The molecule has 0 spiro atoms. The first-order valence-electron chi connectivity index (χ1n) is 6.57. The minimum atomic E-state index is -3.83. The molecule has 0 radical (unpaired) electrons. The predicted octanol–water partition coefficient (Wildman–Crippen LogP) is 1.46. The summed E-state index contributed by atoms with van der Waals surface area (Å²) in [6, 6.07) is 2.19. The topological polar surface area (TPSA) is 110 Å². The molecule has 1 aliphatic rings. The van der Waals surface area contributed by atoms with E-state index in [9.17, 15) is 18.0 Å². The Morgan fingerprint density at radius 2 is 2.09 bits per heavy atom. The third-order valence-electron chi connectivity index (χ3n) is 3.48. The van der Waals surface area contributed by atoms with Gasteiger partial charge in [0.15, 0.2) is 10.8 Å². The highest BCUT2D eigenvalue weighted by Crippen LogP contribution is 2.31. The van der Waals surface area contributed by atoms with Crippen LogP contribution in [0.5, 0.6) is 0 Å². The number of allylic oxidation sites excluding steroid dienone is 1. The second-order valence-corrected chi connectivity index (χ2v) is 7.44. The number of nitrogens with zero attached hydrogens (tertiary/aromatic N) is 1. The number of rotatable bonds is 3. The summed E-state index contributed by atoms with van der Waals surface area (Å²) in [6.07, 6.45) is 3.03. The van der Waals surface area contributed by atoms with Gasteiger partial charge in [0.25, 0.3) is 5.56 Å². The van der Waals surface area contributed by atoms with Crippen molar-refractivity contribution in [2.45, 2.75) is 23.1 Å². The van der Waals surface area contributed by atoms with Gasteiger partial charge in [0.1, 0.15) is 22.7 Å². The quantitative estimate of drug-likeness (QED) is 0.835. The summed E-state index contributed by atoms with van der Waals surface area (Å²) in [5.41, 5.74) is 0.234. The minimum Gasteiger partial charge on any atom is -0.460 e. The summed E-state index contributed by atoms with van der Waals surface area (Å²) in [4.78, 5) is 23.1. The lowest BCUT2D eigenvalue weighted by Gasteiger charge is -2.08. The van der Waals surface area contributed by atoms with Crippen molar-refractivity contribution < 1.29 is 17.6 Å². The summed E-state index contributed by atoms with van der Waals surface area (Å²) in [6.45, 7) is 1.61. The van der Waals surface area contributed by atoms with Crippen LogP contribution >= 0.6 is 11.6 Å². The zero-order valence-electron chi connectivity index (χ0n) is 11.9. The number of carbonyl (C=O) groups excluding carboxylic acids is 1. The Balaban J connectivity index is 2.00. The third-order valence-corrected chi connectivity index (χ3v) is 5.33. The van der Waals surface area contributed by atoms with Crippen LogP contribution in [-0.2, 0) is 15.6 Å². The number of furan rings is 1. The molecule has 0 amide bonds. The molecular formula is C14H11ClN2O5S. The highest BCUT2D eigenvalue weighted by molar-refractivity contribution is 7.90. The summed E-state index contributed by atoms with van der Waals surface area (Å²) in [5.74, 6) is -0.356. The van der Waals surface area contributed by atoms with E-state index in [1.807, 2.05) is 0 Å². The van der Waals surface area contributed by atoms with Crippen molar-refractivity contribution in [3.8, 4) is 0 Å². The van der Waals surface area contributed by atoms with Crippen LogP contribution in [-0.4, -0.2) is 29.8 Å². The number of aromatic amines is 1. The Hall–Kier alpha value is -2.19. The van der Waals surface area contributed by atoms with Crippen molar-refractivity contribution in [2.24, 2.45) is 0 Å². The zero-order chi connectivity index (χ0) is 16.8. The molecule has 120 valence electrons. The number of H-pyrrole nitrogens is 1. The van der Waals surface area contributed by atoms with Gasteiger partial charge in [-0.1, -0.05) is 6.08 Å². The molecule has 0 saturated carbocycles. The fourth-order valence-electron chi connectivity index (χ4n) is 2.29. The maximum Gasteiger partial charge on any atom is 0.264 e. The van der Waals surface area contributed by atoms with E-state index >= 15 is 0 Å². The third kappa shape index (κ3) is 2.75. The van der Waals surface area contributed by atoms with Crippen LogP contribution in [0.4, 0.5) is 0 Å². The number of aromatic nitrogens is 2. The number of carbonyl (C=O) groups is 1. The van der Waals surface area contributed by atoms with Gasteiger partial charge >= 0.3 is 0 Å². The van der Waals surface area contributed by atoms with E-state index in [4.69, 9.17) is 16.0 Å². The number of hydrogen-bond donors (Lipinski definition) is 1. The number of Topliss-reactive ketones (excluding diaryl/α,β-unsaturated/α-hetero) is 1. The number of nitrogens with one attached hydrogen (secondary N) is 1. The lowest BCUT2D eigenvalue weighted by atomic mass is 9.99. The first-order chi connectivity index (χ1) is 10.8. The van der Waals surface area contributed by atoms with Crippen LogP contribution in [0.3, 0.4) is 0 Å². The molecule has 9 heteroatoms. The molecule has 2 heterocycles. The molecule has 3 rings (SSSR count). The molecule has 0 fully saturated rings. The van der Waals surface area contributed by atoms with E-state index in [1.54, 1.807) is 13.0 Å². The van der Waals surface area contributed by atoms with E-state index in [0.717, 1.165) is 12.1 Å². The van der Waals surface area contributed by atoms with Crippen molar-refractivity contribution >= 4 is 33.3 Å². The normalized spacial score (nSPS) is 17.3. The molecule has 1 aliphatic carbocycles. The number of halogens is 1. The van der Waals surface area contributed by atoms with Gasteiger partial charge in [-0.25, -0.2) is 13.5 Å². The smallest absolute Gasteiger partial charge is 0.264 e. The molecule has 7 nitrogen and oxygen atoms in total. The molecule has 0 bridgehead atoms. The largest absolute Gasteiger partial charge is 0.460 e. The van der Waals surface area contributed by atoms with Gasteiger partial charge in [0.2, 0.25) is 9.84 Å². The Morgan fingerprint density at radius 3 is 2.74 bits per heavy atom. The molecule has 0 saturated heterocycles. The highest BCUT2D eigenvalue weighted by atomic mass is 35.5. The van der Waals surface area contributed by atoms with Crippen molar-refractivity contribution in [1.29, 1.82) is 0 Å². The molecule has 0 aromatic carbocycles. The molecule has 1 unspecified atom stereocenters. The van der Waals surface area contributed by atoms with Crippen LogP contribution < -0.4 is 5.56 Å². The van der Waals surface area contributed by atoms with Gasteiger partial charge in [-0.15, -0.1) is 11.6 Å². The second kappa shape index (κ2) is 5.47. The van der Waals surface area contributed by atoms with Crippen molar-refractivity contribution in [3.05, 3.63) is 51.2 Å². The van der Waals surface area contributed by atoms with Crippen molar-refractivity contribution in [1.82, 2.24) is 10.2 Å². The summed E-state index contributed by atoms with van der Waals surface area (Å²) >= 11 is 5.88. The van der Waals surface area contributed by atoms with Crippen molar-refractivity contribution in [3.63, 3.8) is 0 Å². The number of alkyl halides is 1. The highest BCUT2D eigenvalue weighted by Gasteiger charge is 2.31. The number of ketones is 1. The van der Waals surface area contributed by atoms with E-state index in [2.05, 4.69) is 10.2 Å². The number of fused-ring (bicyclic) bond motifs is 1. The van der Waals surface area contributed by atoms with E-state index in [-0.39, 0.29) is 16.6 Å². The molecular weight excluding hydrogens is 344 g/mol. The molecule has 2 aromatic rings. The Labute approximate surface area is 135 Å². The van der Waals surface area contributed by atoms with E-state index < -0.39 is 26.5 Å². The summed E-state index contributed by atoms with van der Waals surface area (Å²) in [7, 11) is -3.83. The van der Waals surface area contributed by atoms with Crippen LogP contribution in [0, 0.1) is 6.92 Å². The van der Waals surface area contributed by atoms with Gasteiger partial charge < -0.3 is 4.42 Å². The standard InChI is InChI=1S/C14H11ClN2O5S/c1-7-10(22-9-3-2-8(15)14(19)13(7)9)6-23(20,21)12-5-4-11(18)16-17-12/h2-5,8H,6H2,1H3,(H,16,18). The molecule has 1 atom stereocenters. The second-order valence-electron chi connectivity index (χ2n) is 5.03. The number of hydrogen-bond acceptors (Lipinski definition) is 6. The van der Waals surface area contributed by atoms with Gasteiger partial charge in [-0.3, -0.25) is 9.59 Å². The fraction of sp³-hybridized carbons (Fsp3) is 0.214. The Kier molecular flexibility index (Phi) is 3.73. The molecule has 2 aromatic heterocycles. The van der Waals surface area contributed by atoms with Gasteiger partial charge in [-0.05, 0) is 19.1 Å². The predicted molar refractivity (Wildman–Crippen MR) is 82.2 cm³/mol. The maximum atomic E-state index is 12.4. The SMILES string of the molecule is Cc1c(CS(=O)(=O)c2ccc(=O)[nH]n2)oc2c1C(=O)C(Cl)C=C2. The lowest BCUT2D eigenvalue weighted by Crippen LogP contribution is -2.16. The monoisotopic (exact) mass is 354 g/mol. The van der Waals surface area contributed by atoms with Crippen molar-refractivity contribution in [2.75, 3.05) is 0 Å². The van der Waals surface area contributed by atoms with Crippen LogP contribution in [0.1, 0.15) is 27.4 Å². The Morgan fingerprint density at radius 1 is 1.35 bits per heavy atom.